The Balaban J connectivity index is 1.49. The minimum atomic E-state index is -0.251. The van der Waals surface area contributed by atoms with Crippen LogP contribution < -0.4 is 10.1 Å². The van der Waals surface area contributed by atoms with Gasteiger partial charge in [-0.25, -0.2) is 4.98 Å². The predicted molar refractivity (Wildman–Crippen MR) is 121 cm³/mol. The van der Waals surface area contributed by atoms with E-state index in [2.05, 4.69) is 20.5 Å². The molecule has 0 fully saturated rings. The van der Waals surface area contributed by atoms with Crippen LogP contribution in [0.15, 0.2) is 53.9 Å². The lowest BCUT2D eigenvalue weighted by molar-refractivity contribution is -0.116. The fraction of sp³-hybridized carbons (Fsp3) is 0.100. The number of hydrogen-bond acceptors (Lipinski definition) is 6. The molecule has 2 heterocycles. The van der Waals surface area contributed by atoms with Gasteiger partial charge in [-0.1, -0.05) is 23.7 Å². The first-order valence-electron chi connectivity index (χ1n) is 8.84. The molecule has 2 aromatic carbocycles. The number of carbonyl (C=O) groups excluding carboxylic acids is 1. The number of carbonyl (C=O) groups is 1. The van der Waals surface area contributed by atoms with Crippen LogP contribution in [0.3, 0.4) is 0 Å². The Kier molecular flexibility index (Phi) is 5.93. The molecule has 152 valence electrons. The van der Waals surface area contributed by atoms with Crippen LogP contribution in [0.1, 0.15) is 0 Å². The van der Waals surface area contributed by atoms with Crippen molar-refractivity contribution in [2.24, 2.45) is 0 Å². The number of benzene rings is 2. The number of amides is 1. The smallest absolute Gasteiger partial charge is 0.246 e. The molecule has 0 saturated carbocycles. The van der Waals surface area contributed by atoms with Gasteiger partial charge in [-0.05, 0) is 48.6 Å². The number of nitrogens with one attached hydrogen (secondary N) is 2. The lowest BCUT2D eigenvalue weighted by Crippen LogP contribution is -2.19. The summed E-state index contributed by atoms with van der Waals surface area (Å²) < 4.78 is 7.18. The molecule has 10 heteroatoms. The third-order valence-corrected chi connectivity index (χ3v) is 5.62. The minimum absolute atomic E-state index is 0.00650. The number of nitrogens with zero attached hydrogens (tertiary/aromatic N) is 3. The molecule has 7 nitrogen and oxygen atoms in total. The first kappa shape index (κ1) is 20.3. The SMILES string of the molecule is COc1ccc(-c2n[nH]c(=S)n2CC(=O)Nc2nc(-c3ccc(Cl)cc3)cs2)cc1. The maximum atomic E-state index is 12.6. The van der Waals surface area contributed by atoms with Crippen LogP contribution in [0.4, 0.5) is 5.13 Å². The van der Waals surface area contributed by atoms with Crippen molar-refractivity contribution in [2.45, 2.75) is 6.54 Å². The summed E-state index contributed by atoms with van der Waals surface area (Å²) in [7, 11) is 1.60. The molecular formula is C20H16ClN5O2S2. The van der Waals surface area contributed by atoms with E-state index in [9.17, 15) is 4.79 Å². The Labute approximate surface area is 186 Å². The van der Waals surface area contributed by atoms with E-state index >= 15 is 0 Å². The zero-order valence-corrected chi connectivity index (χ0v) is 18.1. The average molecular weight is 458 g/mol. The summed E-state index contributed by atoms with van der Waals surface area (Å²) in [5.74, 6) is 1.05. The van der Waals surface area contributed by atoms with E-state index in [0.29, 0.717) is 20.7 Å². The Bertz CT molecular complexity index is 1230. The number of hydrogen-bond donors (Lipinski definition) is 2. The van der Waals surface area contributed by atoms with Crippen molar-refractivity contribution in [1.29, 1.82) is 0 Å². The second-order valence-corrected chi connectivity index (χ2v) is 7.94. The molecule has 1 amide bonds. The molecule has 0 spiro atoms. The molecular weight excluding hydrogens is 442 g/mol. The number of anilines is 1. The molecule has 0 unspecified atom stereocenters. The first-order chi connectivity index (χ1) is 14.5. The fourth-order valence-corrected chi connectivity index (χ4v) is 3.87. The Hall–Kier alpha value is -3.01. The number of halogens is 1. The molecule has 0 radical (unpaired) electrons. The zero-order valence-electron chi connectivity index (χ0n) is 15.8. The quantitative estimate of drug-likeness (QED) is 0.396. The molecule has 0 aliphatic heterocycles. The summed E-state index contributed by atoms with van der Waals surface area (Å²) in [4.78, 5) is 17.1. The van der Waals surface area contributed by atoms with E-state index in [0.717, 1.165) is 22.6 Å². The number of thiazole rings is 1. The maximum Gasteiger partial charge on any atom is 0.246 e. The number of ether oxygens (including phenoxy) is 1. The van der Waals surface area contributed by atoms with Gasteiger partial charge in [-0.15, -0.1) is 11.3 Å². The van der Waals surface area contributed by atoms with Crippen LogP contribution in [-0.4, -0.2) is 32.8 Å². The van der Waals surface area contributed by atoms with Crippen molar-refractivity contribution in [3.63, 3.8) is 0 Å². The van der Waals surface area contributed by atoms with Gasteiger partial charge in [0, 0.05) is 21.5 Å². The number of H-pyrrole nitrogens is 1. The lowest BCUT2D eigenvalue weighted by Gasteiger charge is -2.07. The van der Waals surface area contributed by atoms with Gasteiger partial charge in [-0.3, -0.25) is 14.5 Å². The molecule has 4 aromatic rings. The van der Waals surface area contributed by atoms with Crippen LogP contribution in [-0.2, 0) is 11.3 Å². The summed E-state index contributed by atoms with van der Waals surface area (Å²) in [5, 5.41) is 12.9. The van der Waals surface area contributed by atoms with Gasteiger partial charge in [-0.2, -0.15) is 5.10 Å². The highest BCUT2D eigenvalue weighted by atomic mass is 35.5. The van der Waals surface area contributed by atoms with Gasteiger partial charge < -0.3 is 10.1 Å². The van der Waals surface area contributed by atoms with E-state index in [1.807, 2.05) is 41.8 Å². The van der Waals surface area contributed by atoms with Crippen molar-refractivity contribution in [2.75, 3.05) is 12.4 Å². The van der Waals surface area contributed by atoms with Crippen molar-refractivity contribution < 1.29 is 9.53 Å². The topological polar surface area (TPSA) is 84.8 Å². The maximum absolute atomic E-state index is 12.6. The molecule has 0 aliphatic rings. The van der Waals surface area contributed by atoms with Crippen molar-refractivity contribution in [3.05, 3.63) is 63.7 Å². The molecule has 2 aromatic heterocycles. The van der Waals surface area contributed by atoms with Crippen LogP contribution in [0.5, 0.6) is 5.75 Å². The molecule has 4 rings (SSSR count). The number of aromatic nitrogens is 4. The Morgan fingerprint density at radius 1 is 1.20 bits per heavy atom. The van der Waals surface area contributed by atoms with Crippen molar-refractivity contribution in [1.82, 2.24) is 19.7 Å². The standard InChI is InChI=1S/C20H16ClN5O2S2/c1-28-15-8-4-13(5-9-15)18-24-25-20(29)26(18)10-17(27)23-19-22-16(11-30-19)12-2-6-14(21)7-3-12/h2-9,11H,10H2,1H3,(H,25,29)(H,22,23,27). The number of methoxy groups -OCH3 is 1. The van der Waals surface area contributed by atoms with E-state index < -0.39 is 0 Å². The molecule has 0 aliphatic carbocycles. The lowest BCUT2D eigenvalue weighted by atomic mass is 10.2. The summed E-state index contributed by atoms with van der Waals surface area (Å²) in [6, 6.07) is 14.7. The monoisotopic (exact) mass is 457 g/mol. The summed E-state index contributed by atoms with van der Waals surface area (Å²) in [5.41, 5.74) is 2.51. The van der Waals surface area contributed by atoms with E-state index in [4.69, 9.17) is 28.6 Å². The van der Waals surface area contributed by atoms with E-state index in [-0.39, 0.29) is 12.5 Å². The van der Waals surface area contributed by atoms with Crippen molar-refractivity contribution in [3.8, 4) is 28.4 Å². The van der Waals surface area contributed by atoms with Crippen LogP contribution in [0.25, 0.3) is 22.6 Å². The largest absolute Gasteiger partial charge is 0.497 e. The van der Waals surface area contributed by atoms with E-state index in [1.165, 1.54) is 11.3 Å². The second-order valence-electron chi connectivity index (χ2n) is 6.26. The highest BCUT2D eigenvalue weighted by molar-refractivity contribution is 7.71. The summed E-state index contributed by atoms with van der Waals surface area (Å²) in [6.45, 7) is 0.00650. The average Bonchev–Trinajstić information content (AvgIpc) is 3.36. The van der Waals surface area contributed by atoms with E-state index in [1.54, 1.807) is 23.8 Å². The Morgan fingerprint density at radius 3 is 2.60 bits per heavy atom. The fourth-order valence-electron chi connectivity index (χ4n) is 2.81. The van der Waals surface area contributed by atoms with Crippen molar-refractivity contribution >= 4 is 46.2 Å². The van der Waals surface area contributed by atoms with Gasteiger partial charge in [0.15, 0.2) is 15.7 Å². The number of aromatic amines is 1. The van der Waals surface area contributed by atoms with Crippen LogP contribution in [0.2, 0.25) is 5.02 Å². The summed E-state index contributed by atoms with van der Waals surface area (Å²) in [6.07, 6.45) is 0. The van der Waals surface area contributed by atoms with Crippen LogP contribution >= 0.6 is 35.2 Å². The van der Waals surface area contributed by atoms with Gasteiger partial charge >= 0.3 is 0 Å². The molecule has 30 heavy (non-hydrogen) atoms. The Morgan fingerprint density at radius 2 is 1.90 bits per heavy atom. The molecule has 0 atom stereocenters. The highest BCUT2D eigenvalue weighted by Crippen LogP contribution is 2.26. The molecule has 0 saturated heterocycles. The summed E-state index contributed by atoms with van der Waals surface area (Å²) >= 11 is 12.6. The second kappa shape index (κ2) is 8.78. The van der Waals surface area contributed by atoms with Crippen LogP contribution in [0, 0.1) is 4.77 Å². The zero-order chi connectivity index (χ0) is 21.1. The predicted octanol–water partition coefficient (Wildman–Crippen LogP) is 5.03. The van der Waals surface area contributed by atoms with Gasteiger partial charge in [0.05, 0.1) is 12.8 Å². The molecule has 0 bridgehead atoms. The molecule has 2 N–H and O–H groups in total. The minimum Gasteiger partial charge on any atom is -0.497 e. The number of rotatable bonds is 6. The first-order valence-corrected chi connectivity index (χ1v) is 10.5. The highest BCUT2D eigenvalue weighted by Gasteiger charge is 2.14. The van der Waals surface area contributed by atoms with Gasteiger partial charge in [0.25, 0.3) is 0 Å². The van der Waals surface area contributed by atoms with Gasteiger partial charge in [0.1, 0.15) is 12.3 Å². The third-order valence-electron chi connectivity index (χ3n) is 4.30. The third kappa shape index (κ3) is 4.43. The van der Waals surface area contributed by atoms with Gasteiger partial charge in [0.2, 0.25) is 5.91 Å². The normalized spacial score (nSPS) is 10.7.